The molecule has 0 radical (unpaired) electrons. The molecule has 1 aliphatic rings. The molecule has 24 heavy (non-hydrogen) atoms. The van der Waals surface area contributed by atoms with Crippen LogP contribution >= 0.6 is 0 Å². The topological polar surface area (TPSA) is 107 Å². The van der Waals surface area contributed by atoms with Gasteiger partial charge in [-0.1, -0.05) is 36.4 Å². The van der Waals surface area contributed by atoms with Crippen molar-refractivity contribution in [3.63, 3.8) is 0 Å². The predicted molar refractivity (Wildman–Crippen MR) is 86.0 cm³/mol. The van der Waals surface area contributed by atoms with Gasteiger partial charge in [-0.05, 0) is 28.5 Å². The van der Waals surface area contributed by atoms with Gasteiger partial charge < -0.3 is 25.2 Å². The summed E-state index contributed by atoms with van der Waals surface area (Å²) in [6.45, 7) is 0.0795. The number of benzene rings is 2. The average molecular weight is 330 g/mol. The third kappa shape index (κ3) is 3.12. The van der Waals surface area contributed by atoms with Crippen LogP contribution in [0.4, 0.5) is 0 Å². The summed E-state index contributed by atoms with van der Waals surface area (Å²) in [6, 6.07) is 13.5. The minimum Gasteiger partial charge on any atom is -0.491 e. The van der Waals surface area contributed by atoms with Crippen LogP contribution in [0.1, 0.15) is 12.0 Å². The monoisotopic (exact) mass is 330 g/mol. The quantitative estimate of drug-likeness (QED) is 0.671. The van der Waals surface area contributed by atoms with Gasteiger partial charge in [-0.25, -0.2) is 4.79 Å². The highest BCUT2D eigenvalue weighted by atomic mass is 16.5. The highest BCUT2D eigenvalue weighted by molar-refractivity contribution is 5.83. The first kappa shape index (κ1) is 16.4. The fraction of sp³-hybridized carbons (Fsp3) is 0.278. The van der Waals surface area contributed by atoms with Gasteiger partial charge in [0.1, 0.15) is 18.5 Å². The molecule has 0 amide bonds. The van der Waals surface area contributed by atoms with Gasteiger partial charge >= 0.3 is 5.97 Å². The Balaban J connectivity index is 1.80. The van der Waals surface area contributed by atoms with Crippen molar-refractivity contribution in [2.75, 3.05) is 0 Å². The highest BCUT2D eigenvalue weighted by Crippen LogP contribution is 2.29. The Bertz CT molecular complexity index is 799. The van der Waals surface area contributed by atoms with Crippen molar-refractivity contribution in [2.45, 2.75) is 30.8 Å². The van der Waals surface area contributed by atoms with E-state index in [2.05, 4.69) is 0 Å². The largest absolute Gasteiger partial charge is 0.491 e. The zero-order valence-electron chi connectivity index (χ0n) is 12.8. The molecule has 0 aliphatic heterocycles. The molecule has 0 saturated carbocycles. The summed E-state index contributed by atoms with van der Waals surface area (Å²) in [5.41, 5.74) is -1.43. The second-order valence-corrected chi connectivity index (χ2v) is 5.96. The summed E-state index contributed by atoms with van der Waals surface area (Å²) in [4.78, 5) is 11.2. The number of rotatable bonds is 4. The minimum absolute atomic E-state index is 0.0795. The van der Waals surface area contributed by atoms with Crippen molar-refractivity contribution in [1.82, 2.24) is 0 Å². The van der Waals surface area contributed by atoms with Gasteiger partial charge in [0.05, 0.1) is 6.10 Å². The number of fused-ring (bicyclic) bond motifs is 1. The second-order valence-electron chi connectivity index (χ2n) is 5.96. The van der Waals surface area contributed by atoms with Crippen LogP contribution in [0, 0.1) is 0 Å². The van der Waals surface area contributed by atoms with Crippen LogP contribution in [0.15, 0.2) is 54.3 Å². The lowest BCUT2D eigenvalue weighted by molar-refractivity contribution is -0.160. The molecule has 0 saturated heterocycles. The molecule has 3 atom stereocenters. The molecule has 6 nitrogen and oxygen atoms in total. The molecule has 0 spiro atoms. The summed E-state index contributed by atoms with van der Waals surface area (Å²) in [7, 11) is 0. The molecule has 3 rings (SSSR count). The van der Waals surface area contributed by atoms with E-state index in [0.29, 0.717) is 0 Å². The third-order valence-electron chi connectivity index (χ3n) is 4.15. The second kappa shape index (κ2) is 6.24. The van der Waals surface area contributed by atoms with Crippen LogP contribution in [0.5, 0.6) is 0 Å². The van der Waals surface area contributed by atoms with E-state index in [1.165, 1.54) is 0 Å². The molecular formula is C18H18O6. The summed E-state index contributed by atoms with van der Waals surface area (Å²) in [5, 5.41) is 40.9. The molecule has 2 aromatic carbocycles. The van der Waals surface area contributed by atoms with E-state index in [-0.39, 0.29) is 12.4 Å². The number of carbonyl (C=O) groups is 1. The average Bonchev–Trinajstić information content (AvgIpc) is 2.56. The molecule has 0 heterocycles. The van der Waals surface area contributed by atoms with Crippen LogP contribution in [-0.2, 0) is 16.1 Å². The molecule has 0 aromatic heterocycles. The fourth-order valence-corrected chi connectivity index (χ4v) is 2.77. The molecule has 0 bridgehead atoms. The molecule has 4 N–H and O–H groups in total. The van der Waals surface area contributed by atoms with Crippen LogP contribution in [0.25, 0.3) is 10.8 Å². The van der Waals surface area contributed by atoms with Crippen LogP contribution in [0.2, 0.25) is 0 Å². The Labute approximate surface area is 138 Å². The van der Waals surface area contributed by atoms with E-state index in [4.69, 9.17) is 9.84 Å². The van der Waals surface area contributed by atoms with Gasteiger partial charge in [0.15, 0.2) is 5.60 Å². The van der Waals surface area contributed by atoms with Crippen LogP contribution < -0.4 is 0 Å². The number of hydrogen-bond acceptors (Lipinski definition) is 5. The van der Waals surface area contributed by atoms with Gasteiger partial charge in [0.2, 0.25) is 0 Å². The van der Waals surface area contributed by atoms with Crippen molar-refractivity contribution < 1.29 is 30.0 Å². The Morgan fingerprint density at radius 3 is 2.58 bits per heavy atom. The van der Waals surface area contributed by atoms with E-state index < -0.39 is 30.2 Å². The lowest BCUT2D eigenvalue weighted by atomic mass is 9.86. The number of aliphatic hydroxyl groups is 3. The first-order valence-electron chi connectivity index (χ1n) is 7.54. The van der Waals surface area contributed by atoms with E-state index in [9.17, 15) is 20.1 Å². The Morgan fingerprint density at radius 1 is 1.17 bits per heavy atom. The Morgan fingerprint density at radius 2 is 1.88 bits per heavy atom. The standard InChI is InChI=1S/C18H18O6/c19-14-8-18(23,17(21)22)9-15(16(14)20)24-10-11-5-6-12-3-1-2-4-13(12)7-11/h1-7,9,14,16,19-20,23H,8,10H2,(H,21,22)/t14-,16+,18-/m1/s1. The van der Waals surface area contributed by atoms with Gasteiger partial charge in [0.25, 0.3) is 0 Å². The van der Waals surface area contributed by atoms with Crippen LogP contribution in [-0.4, -0.2) is 44.2 Å². The first-order chi connectivity index (χ1) is 11.4. The molecule has 2 aromatic rings. The normalized spacial score (nSPS) is 26.9. The minimum atomic E-state index is -2.25. The van der Waals surface area contributed by atoms with Crippen molar-refractivity contribution in [2.24, 2.45) is 0 Å². The zero-order chi connectivity index (χ0) is 17.3. The van der Waals surface area contributed by atoms with E-state index >= 15 is 0 Å². The van der Waals surface area contributed by atoms with Crippen molar-refractivity contribution in [3.05, 3.63) is 59.9 Å². The van der Waals surface area contributed by atoms with E-state index in [0.717, 1.165) is 22.4 Å². The number of carboxylic acid groups (broad SMARTS) is 1. The molecule has 1 aliphatic carbocycles. The number of aliphatic hydroxyl groups excluding tert-OH is 2. The maximum absolute atomic E-state index is 11.2. The number of hydrogen-bond donors (Lipinski definition) is 4. The Kier molecular flexibility index (Phi) is 4.28. The van der Waals surface area contributed by atoms with Gasteiger partial charge in [-0.15, -0.1) is 0 Å². The smallest absolute Gasteiger partial charge is 0.340 e. The van der Waals surface area contributed by atoms with Crippen LogP contribution in [0.3, 0.4) is 0 Å². The van der Waals surface area contributed by atoms with Crippen molar-refractivity contribution in [1.29, 1.82) is 0 Å². The van der Waals surface area contributed by atoms with Crippen molar-refractivity contribution in [3.8, 4) is 0 Å². The maximum Gasteiger partial charge on any atom is 0.340 e. The van der Waals surface area contributed by atoms with Gasteiger partial charge in [0, 0.05) is 6.42 Å². The summed E-state index contributed by atoms with van der Waals surface area (Å²) >= 11 is 0. The Hall–Kier alpha value is -2.41. The molecule has 0 fully saturated rings. The SMILES string of the molecule is O=C(O)[C@]1(O)C=C(OCc2ccc3ccccc3c2)[C@@H](O)[C@H](O)C1. The summed E-state index contributed by atoms with van der Waals surface area (Å²) < 4.78 is 5.47. The molecule has 0 unspecified atom stereocenters. The lowest BCUT2D eigenvalue weighted by Crippen LogP contribution is -2.48. The summed E-state index contributed by atoms with van der Waals surface area (Å²) in [5.74, 6) is -1.65. The fourth-order valence-electron chi connectivity index (χ4n) is 2.77. The van der Waals surface area contributed by atoms with Gasteiger partial charge in [-0.3, -0.25) is 0 Å². The lowest BCUT2D eigenvalue weighted by Gasteiger charge is -2.32. The first-order valence-corrected chi connectivity index (χ1v) is 7.54. The van der Waals surface area contributed by atoms with E-state index in [1.807, 2.05) is 42.5 Å². The predicted octanol–water partition coefficient (Wildman–Crippen LogP) is 1.18. The highest BCUT2D eigenvalue weighted by Gasteiger charge is 2.44. The maximum atomic E-state index is 11.2. The number of ether oxygens (including phenoxy) is 1. The zero-order valence-corrected chi connectivity index (χ0v) is 12.8. The molecular weight excluding hydrogens is 312 g/mol. The molecule has 126 valence electrons. The van der Waals surface area contributed by atoms with E-state index in [1.54, 1.807) is 0 Å². The number of aliphatic carboxylic acids is 1. The molecule has 6 heteroatoms. The van der Waals surface area contributed by atoms with Gasteiger partial charge in [-0.2, -0.15) is 0 Å². The van der Waals surface area contributed by atoms with Crippen molar-refractivity contribution >= 4 is 16.7 Å². The third-order valence-corrected chi connectivity index (χ3v) is 4.15. The summed E-state index contributed by atoms with van der Waals surface area (Å²) in [6.07, 6.45) is -2.33. The number of carboxylic acids is 1.